The maximum absolute atomic E-state index is 11.7. The van der Waals surface area contributed by atoms with Crippen LogP contribution in [0.15, 0.2) is 18.2 Å². The summed E-state index contributed by atoms with van der Waals surface area (Å²) in [6.07, 6.45) is 2.39. The first kappa shape index (κ1) is 15.3. The van der Waals surface area contributed by atoms with Gasteiger partial charge >= 0.3 is 5.97 Å². The molecule has 0 aliphatic heterocycles. The second kappa shape index (κ2) is 7.08. The third kappa shape index (κ3) is 5.43. The number of ether oxygens (including phenoxy) is 2. The van der Waals surface area contributed by atoms with Crippen molar-refractivity contribution >= 4 is 17.6 Å². The van der Waals surface area contributed by atoms with Crippen LogP contribution in [0, 0.1) is 12.8 Å². The first-order valence-corrected chi connectivity index (χ1v) is 6.87. The van der Waals surface area contributed by atoms with Crippen LogP contribution in [-0.4, -0.2) is 36.8 Å². The van der Waals surface area contributed by atoms with Crippen LogP contribution < -0.4 is 10.1 Å². The highest BCUT2D eigenvalue weighted by molar-refractivity contribution is 5.92. The average molecular weight is 293 g/mol. The number of carbonyl (C=O) groups excluding carboxylic acids is 1. The van der Waals surface area contributed by atoms with Crippen molar-refractivity contribution in [2.45, 2.75) is 19.8 Å². The Morgan fingerprint density at radius 1 is 1.33 bits per heavy atom. The lowest BCUT2D eigenvalue weighted by Gasteiger charge is -2.11. The predicted octanol–water partition coefficient (Wildman–Crippen LogP) is 1.82. The van der Waals surface area contributed by atoms with Crippen LogP contribution in [-0.2, 0) is 14.3 Å². The molecule has 0 atom stereocenters. The molecule has 0 unspecified atom stereocenters. The van der Waals surface area contributed by atoms with Gasteiger partial charge in [0, 0.05) is 5.69 Å². The highest BCUT2D eigenvalue weighted by Gasteiger charge is 2.21. The minimum atomic E-state index is -1.03. The Labute approximate surface area is 123 Å². The van der Waals surface area contributed by atoms with Crippen molar-refractivity contribution in [2.75, 3.05) is 25.1 Å². The summed E-state index contributed by atoms with van der Waals surface area (Å²) in [4.78, 5) is 22.1. The van der Waals surface area contributed by atoms with Gasteiger partial charge in [0.1, 0.15) is 12.4 Å². The van der Waals surface area contributed by atoms with Crippen molar-refractivity contribution in [1.29, 1.82) is 0 Å². The van der Waals surface area contributed by atoms with Crippen molar-refractivity contribution in [2.24, 2.45) is 5.92 Å². The Bertz CT molecular complexity index is 525. The number of amides is 1. The second-order valence-corrected chi connectivity index (χ2v) is 5.17. The van der Waals surface area contributed by atoms with Crippen LogP contribution in [0.2, 0.25) is 0 Å². The lowest BCUT2D eigenvalue weighted by molar-refractivity contribution is -0.139. The zero-order valence-corrected chi connectivity index (χ0v) is 11.9. The Balaban J connectivity index is 1.81. The van der Waals surface area contributed by atoms with Gasteiger partial charge in [0.2, 0.25) is 5.91 Å². The standard InChI is InChI=1S/C15H19NO5/c1-10-6-12(21-9-15(18)19)4-5-13(10)16-14(17)8-20-7-11-2-3-11/h4-6,11H,2-3,7-9H2,1H3,(H,16,17)(H,18,19). The van der Waals surface area contributed by atoms with Gasteiger partial charge in [-0.1, -0.05) is 0 Å². The number of hydrogen-bond acceptors (Lipinski definition) is 4. The van der Waals surface area contributed by atoms with Gasteiger partial charge in [-0.3, -0.25) is 4.79 Å². The molecule has 1 aliphatic rings. The molecule has 0 spiro atoms. The van der Waals surface area contributed by atoms with Gasteiger partial charge in [0.25, 0.3) is 0 Å². The Morgan fingerprint density at radius 3 is 2.71 bits per heavy atom. The van der Waals surface area contributed by atoms with E-state index in [-0.39, 0.29) is 19.1 Å². The molecular weight excluding hydrogens is 274 g/mol. The maximum atomic E-state index is 11.7. The number of aliphatic carboxylic acids is 1. The second-order valence-electron chi connectivity index (χ2n) is 5.17. The Hall–Kier alpha value is -2.08. The predicted molar refractivity (Wildman–Crippen MR) is 76.5 cm³/mol. The number of rotatable bonds is 8. The van der Waals surface area contributed by atoms with E-state index in [2.05, 4.69) is 5.32 Å². The minimum Gasteiger partial charge on any atom is -0.482 e. The van der Waals surface area contributed by atoms with E-state index in [9.17, 15) is 9.59 Å². The largest absolute Gasteiger partial charge is 0.482 e. The van der Waals surface area contributed by atoms with Crippen LogP contribution in [0.5, 0.6) is 5.75 Å². The summed E-state index contributed by atoms with van der Waals surface area (Å²) in [6, 6.07) is 4.99. The van der Waals surface area contributed by atoms with Crippen molar-refractivity contribution in [3.05, 3.63) is 23.8 Å². The highest BCUT2D eigenvalue weighted by Crippen LogP contribution is 2.28. The summed E-state index contributed by atoms with van der Waals surface area (Å²) in [5.74, 6) is -0.140. The molecule has 1 aliphatic carbocycles. The molecule has 1 amide bonds. The van der Waals surface area contributed by atoms with E-state index >= 15 is 0 Å². The molecule has 2 N–H and O–H groups in total. The van der Waals surface area contributed by atoms with Crippen LogP contribution in [0.25, 0.3) is 0 Å². The Morgan fingerprint density at radius 2 is 2.10 bits per heavy atom. The zero-order chi connectivity index (χ0) is 15.2. The summed E-state index contributed by atoms with van der Waals surface area (Å²) >= 11 is 0. The summed E-state index contributed by atoms with van der Waals surface area (Å²) in [5, 5.41) is 11.3. The maximum Gasteiger partial charge on any atom is 0.341 e. The van der Waals surface area contributed by atoms with Gasteiger partial charge in [0.15, 0.2) is 6.61 Å². The topological polar surface area (TPSA) is 84.9 Å². The third-order valence-electron chi connectivity index (χ3n) is 3.12. The number of hydrogen-bond donors (Lipinski definition) is 2. The molecule has 0 radical (unpaired) electrons. The molecule has 1 aromatic rings. The summed E-state index contributed by atoms with van der Waals surface area (Å²) in [6.45, 7) is 2.12. The van der Waals surface area contributed by atoms with E-state index in [1.165, 1.54) is 12.8 Å². The fourth-order valence-electron chi connectivity index (χ4n) is 1.80. The third-order valence-corrected chi connectivity index (χ3v) is 3.12. The molecule has 21 heavy (non-hydrogen) atoms. The SMILES string of the molecule is Cc1cc(OCC(=O)O)ccc1NC(=O)COCC1CC1. The quantitative estimate of drug-likeness (QED) is 0.763. The number of nitrogens with one attached hydrogen (secondary N) is 1. The molecule has 0 heterocycles. The van der Waals surface area contributed by atoms with Crippen LogP contribution >= 0.6 is 0 Å². The van der Waals surface area contributed by atoms with E-state index < -0.39 is 5.97 Å². The number of aryl methyl sites for hydroxylation is 1. The normalized spacial score (nSPS) is 13.8. The minimum absolute atomic E-state index is 0.0488. The fourth-order valence-corrected chi connectivity index (χ4v) is 1.80. The molecule has 1 aromatic carbocycles. The fraction of sp³-hybridized carbons (Fsp3) is 0.467. The van der Waals surface area contributed by atoms with Gasteiger partial charge in [-0.15, -0.1) is 0 Å². The molecule has 1 saturated carbocycles. The van der Waals surface area contributed by atoms with Crippen LogP contribution in [0.4, 0.5) is 5.69 Å². The molecule has 0 saturated heterocycles. The van der Waals surface area contributed by atoms with E-state index in [4.69, 9.17) is 14.6 Å². The van der Waals surface area contributed by atoms with E-state index in [1.807, 2.05) is 6.92 Å². The molecular formula is C15H19NO5. The zero-order valence-electron chi connectivity index (χ0n) is 11.9. The molecule has 2 rings (SSSR count). The number of carboxylic acids is 1. The van der Waals surface area contributed by atoms with Gasteiger partial charge in [-0.25, -0.2) is 4.79 Å². The van der Waals surface area contributed by atoms with Crippen molar-refractivity contribution in [3.8, 4) is 5.75 Å². The van der Waals surface area contributed by atoms with Crippen LogP contribution in [0.1, 0.15) is 18.4 Å². The monoisotopic (exact) mass is 293 g/mol. The number of carboxylic acid groups (broad SMARTS) is 1. The number of carbonyl (C=O) groups is 2. The van der Waals surface area contributed by atoms with E-state index in [0.29, 0.717) is 24.0 Å². The van der Waals surface area contributed by atoms with E-state index in [0.717, 1.165) is 5.56 Å². The van der Waals surface area contributed by atoms with Crippen LogP contribution in [0.3, 0.4) is 0 Å². The highest BCUT2D eigenvalue weighted by atomic mass is 16.5. The molecule has 0 bridgehead atoms. The lowest BCUT2D eigenvalue weighted by Crippen LogP contribution is -2.19. The van der Waals surface area contributed by atoms with Gasteiger partial charge in [-0.05, 0) is 49.4 Å². The van der Waals surface area contributed by atoms with Gasteiger partial charge < -0.3 is 19.9 Å². The molecule has 1 fully saturated rings. The van der Waals surface area contributed by atoms with Crippen molar-refractivity contribution < 1.29 is 24.2 Å². The number of anilines is 1. The molecule has 6 nitrogen and oxygen atoms in total. The molecule has 114 valence electrons. The first-order valence-electron chi connectivity index (χ1n) is 6.87. The number of benzene rings is 1. The first-order chi connectivity index (χ1) is 10.0. The smallest absolute Gasteiger partial charge is 0.341 e. The van der Waals surface area contributed by atoms with Crippen molar-refractivity contribution in [3.63, 3.8) is 0 Å². The summed E-state index contributed by atoms with van der Waals surface area (Å²) in [5.41, 5.74) is 1.46. The van der Waals surface area contributed by atoms with Gasteiger partial charge in [0.05, 0.1) is 6.61 Å². The summed E-state index contributed by atoms with van der Waals surface area (Å²) < 4.78 is 10.4. The average Bonchev–Trinajstić information content (AvgIpc) is 3.23. The molecule has 0 aromatic heterocycles. The van der Waals surface area contributed by atoms with E-state index in [1.54, 1.807) is 18.2 Å². The lowest BCUT2D eigenvalue weighted by atomic mass is 10.2. The van der Waals surface area contributed by atoms with Gasteiger partial charge in [-0.2, -0.15) is 0 Å². The summed E-state index contributed by atoms with van der Waals surface area (Å²) in [7, 11) is 0. The van der Waals surface area contributed by atoms with Crippen molar-refractivity contribution in [1.82, 2.24) is 0 Å². The molecule has 6 heteroatoms. The Kier molecular flexibility index (Phi) is 5.16.